The number of nitrogens with one attached hydrogen (secondary N) is 2. The minimum Gasteiger partial charge on any atom is -0.376 e. The van der Waals surface area contributed by atoms with Gasteiger partial charge in [0.05, 0.1) is 6.54 Å². The molecule has 0 aliphatic heterocycles. The van der Waals surface area contributed by atoms with Gasteiger partial charge in [-0.05, 0) is 63.8 Å². The standard InChI is InChI=1S/C20H26N2O/c1-12-7-14(3)19(15(4)8-12)21-11-18(23)22-20-16(5)9-13(2)10-17(20)6/h7-10,21H,11H2,1-6H3,(H,22,23). The van der Waals surface area contributed by atoms with E-state index in [1.165, 1.54) is 11.1 Å². The zero-order chi connectivity index (χ0) is 17.1. The van der Waals surface area contributed by atoms with Gasteiger partial charge in [-0.3, -0.25) is 4.79 Å². The molecule has 2 rings (SSSR count). The van der Waals surface area contributed by atoms with Crippen LogP contribution in [0.15, 0.2) is 24.3 Å². The lowest BCUT2D eigenvalue weighted by Gasteiger charge is -2.16. The summed E-state index contributed by atoms with van der Waals surface area (Å²) in [5, 5.41) is 6.29. The first-order valence-corrected chi connectivity index (χ1v) is 7.97. The Labute approximate surface area is 139 Å². The summed E-state index contributed by atoms with van der Waals surface area (Å²) >= 11 is 0. The second-order valence-electron chi connectivity index (χ2n) is 6.45. The summed E-state index contributed by atoms with van der Waals surface area (Å²) in [4.78, 5) is 12.3. The summed E-state index contributed by atoms with van der Waals surface area (Å²) < 4.78 is 0. The first-order valence-electron chi connectivity index (χ1n) is 7.97. The Bertz CT molecular complexity index is 701. The van der Waals surface area contributed by atoms with E-state index < -0.39 is 0 Å². The van der Waals surface area contributed by atoms with Crippen molar-refractivity contribution in [1.82, 2.24) is 0 Å². The molecule has 0 aliphatic rings. The summed E-state index contributed by atoms with van der Waals surface area (Å²) in [6.45, 7) is 12.6. The van der Waals surface area contributed by atoms with Crippen LogP contribution in [0.4, 0.5) is 11.4 Å². The molecule has 0 fully saturated rings. The van der Waals surface area contributed by atoms with E-state index in [9.17, 15) is 4.79 Å². The molecule has 3 heteroatoms. The first-order chi connectivity index (χ1) is 10.8. The molecule has 2 N–H and O–H groups in total. The number of carbonyl (C=O) groups is 1. The van der Waals surface area contributed by atoms with Crippen LogP contribution in [0.25, 0.3) is 0 Å². The third-order valence-electron chi connectivity index (χ3n) is 4.04. The monoisotopic (exact) mass is 310 g/mol. The van der Waals surface area contributed by atoms with Gasteiger partial charge in [0.2, 0.25) is 5.91 Å². The second-order valence-corrected chi connectivity index (χ2v) is 6.45. The van der Waals surface area contributed by atoms with Gasteiger partial charge >= 0.3 is 0 Å². The van der Waals surface area contributed by atoms with Crippen LogP contribution in [-0.4, -0.2) is 12.5 Å². The van der Waals surface area contributed by atoms with Crippen molar-refractivity contribution in [2.75, 3.05) is 17.2 Å². The maximum Gasteiger partial charge on any atom is 0.243 e. The average molecular weight is 310 g/mol. The number of aryl methyl sites for hydroxylation is 6. The van der Waals surface area contributed by atoms with Crippen LogP contribution in [0.2, 0.25) is 0 Å². The van der Waals surface area contributed by atoms with Gasteiger partial charge < -0.3 is 10.6 Å². The molecule has 122 valence electrons. The zero-order valence-electron chi connectivity index (χ0n) is 14.9. The highest BCUT2D eigenvalue weighted by molar-refractivity contribution is 5.95. The highest BCUT2D eigenvalue weighted by atomic mass is 16.1. The lowest BCUT2D eigenvalue weighted by molar-refractivity contribution is -0.114. The zero-order valence-corrected chi connectivity index (χ0v) is 14.9. The van der Waals surface area contributed by atoms with Crippen LogP contribution in [0.3, 0.4) is 0 Å². The molecule has 0 bridgehead atoms. The molecule has 23 heavy (non-hydrogen) atoms. The lowest BCUT2D eigenvalue weighted by atomic mass is 10.0. The quantitative estimate of drug-likeness (QED) is 0.867. The molecule has 0 atom stereocenters. The average Bonchev–Trinajstić information content (AvgIpc) is 2.41. The molecular weight excluding hydrogens is 284 g/mol. The molecular formula is C20H26N2O. The fraction of sp³-hybridized carbons (Fsp3) is 0.350. The van der Waals surface area contributed by atoms with Gasteiger partial charge in [0, 0.05) is 11.4 Å². The Morgan fingerprint density at radius 3 is 1.57 bits per heavy atom. The van der Waals surface area contributed by atoms with Crippen molar-refractivity contribution < 1.29 is 4.79 Å². The van der Waals surface area contributed by atoms with Gasteiger partial charge in [0.15, 0.2) is 0 Å². The number of hydrogen-bond donors (Lipinski definition) is 2. The SMILES string of the molecule is Cc1cc(C)c(NCC(=O)Nc2c(C)cc(C)cc2C)c(C)c1. The summed E-state index contributed by atoms with van der Waals surface area (Å²) in [5.41, 5.74) is 8.93. The van der Waals surface area contributed by atoms with E-state index in [1.807, 2.05) is 13.8 Å². The van der Waals surface area contributed by atoms with E-state index in [-0.39, 0.29) is 12.5 Å². The van der Waals surface area contributed by atoms with Crippen molar-refractivity contribution in [3.05, 3.63) is 57.6 Å². The van der Waals surface area contributed by atoms with Gasteiger partial charge in [0.25, 0.3) is 0 Å². The molecule has 1 amide bonds. The molecule has 0 radical (unpaired) electrons. The highest BCUT2D eigenvalue weighted by Gasteiger charge is 2.10. The summed E-state index contributed by atoms with van der Waals surface area (Å²) in [6.07, 6.45) is 0. The van der Waals surface area contributed by atoms with Crippen LogP contribution in [-0.2, 0) is 4.79 Å². The van der Waals surface area contributed by atoms with E-state index >= 15 is 0 Å². The van der Waals surface area contributed by atoms with Crippen molar-refractivity contribution in [3.63, 3.8) is 0 Å². The van der Waals surface area contributed by atoms with Gasteiger partial charge in [-0.15, -0.1) is 0 Å². The third-order valence-corrected chi connectivity index (χ3v) is 4.04. The minimum absolute atomic E-state index is 0.0283. The molecule has 2 aromatic rings. The Kier molecular flexibility index (Phi) is 5.09. The fourth-order valence-electron chi connectivity index (χ4n) is 3.19. The normalized spacial score (nSPS) is 10.5. The third kappa shape index (κ3) is 4.13. The van der Waals surface area contributed by atoms with Gasteiger partial charge in [0.1, 0.15) is 0 Å². The number of rotatable bonds is 4. The maximum atomic E-state index is 12.3. The van der Waals surface area contributed by atoms with Crippen LogP contribution in [0, 0.1) is 41.5 Å². The largest absolute Gasteiger partial charge is 0.376 e. The fourth-order valence-corrected chi connectivity index (χ4v) is 3.19. The molecule has 2 aromatic carbocycles. The smallest absolute Gasteiger partial charge is 0.243 e. The lowest BCUT2D eigenvalue weighted by Crippen LogP contribution is -2.23. The predicted molar refractivity (Wildman–Crippen MR) is 98.4 cm³/mol. The summed E-state index contributed by atoms with van der Waals surface area (Å²) in [5.74, 6) is -0.0283. The van der Waals surface area contributed by atoms with Crippen LogP contribution >= 0.6 is 0 Å². The van der Waals surface area contributed by atoms with Gasteiger partial charge in [-0.2, -0.15) is 0 Å². The number of carbonyl (C=O) groups excluding carboxylic acids is 1. The first kappa shape index (κ1) is 17.1. The van der Waals surface area contributed by atoms with Crippen LogP contribution < -0.4 is 10.6 Å². The molecule has 0 unspecified atom stereocenters. The molecule has 0 aromatic heterocycles. The number of benzene rings is 2. The van der Waals surface area contributed by atoms with Gasteiger partial charge in [-0.1, -0.05) is 35.4 Å². The van der Waals surface area contributed by atoms with Crippen molar-refractivity contribution >= 4 is 17.3 Å². The molecule has 0 aliphatic carbocycles. The van der Waals surface area contributed by atoms with E-state index in [2.05, 4.69) is 62.6 Å². The molecule has 0 saturated carbocycles. The van der Waals surface area contributed by atoms with Crippen molar-refractivity contribution in [1.29, 1.82) is 0 Å². The molecule has 0 spiro atoms. The van der Waals surface area contributed by atoms with E-state index in [0.717, 1.165) is 33.6 Å². The van der Waals surface area contributed by atoms with E-state index in [0.29, 0.717) is 0 Å². The molecule has 3 nitrogen and oxygen atoms in total. The number of anilines is 2. The Hall–Kier alpha value is -2.29. The van der Waals surface area contributed by atoms with Crippen LogP contribution in [0.5, 0.6) is 0 Å². The van der Waals surface area contributed by atoms with E-state index in [1.54, 1.807) is 0 Å². The predicted octanol–water partition coefficient (Wildman–Crippen LogP) is 4.59. The Balaban J connectivity index is 2.07. The topological polar surface area (TPSA) is 41.1 Å². The number of amides is 1. The minimum atomic E-state index is -0.0283. The van der Waals surface area contributed by atoms with E-state index in [4.69, 9.17) is 0 Å². The van der Waals surface area contributed by atoms with Crippen molar-refractivity contribution in [2.45, 2.75) is 41.5 Å². The summed E-state index contributed by atoms with van der Waals surface area (Å²) in [6, 6.07) is 8.43. The molecule has 0 saturated heterocycles. The number of hydrogen-bond acceptors (Lipinski definition) is 2. The van der Waals surface area contributed by atoms with Crippen LogP contribution in [0.1, 0.15) is 33.4 Å². The maximum absolute atomic E-state index is 12.3. The summed E-state index contributed by atoms with van der Waals surface area (Å²) in [7, 11) is 0. The Morgan fingerprint density at radius 2 is 1.13 bits per heavy atom. The Morgan fingerprint density at radius 1 is 0.739 bits per heavy atom. The second kappa shape index (κ2) is 6.86. The highest BCUT2D eigenvalue weighted by Crippen LogP contribution is 2.23. The molecule has 0 heterocycles. The van der Waals surface area contributed by atoms with Crippen molar-refractivity contribution in [2.24, 2.45) is 0 Å². The van der Waals surface area contributed by atoms with Crippen molar-refractivity contribution in [3.8, 4) is 0 Å². The van der Waals surface area contributed by atoms with Gasteiger partial charge in [-0.25, -0.2) is 0 Å².